The highest BCUT2D eigenvalue weighted by Crippen LogP contribution is 2.28. The number of carbonyl (C=O) groups is 2. The monoisotopic (exact) mass is 496 g/mol. The molecule has 1 aliphatic heterocycles. The van der Waals surface area contributed by atoms with E-state index >= 15 is 0 Å². The van der Waals surface area contributed by atoms with Gasteiger partial charge in [0.05, 0.1) is 5.69 Å². The Labute approximate surface area is 199 Å². The van der Waals surface area contributed by atoms with Crippen molar-refractivity contribution >= 4 is 51.0 Å². The van der Waals surface area contributed by atoms with Crippen LogP contribution in [-0.4, -0.2) is 35.0 Å². The zero-order valence-electron chi connectivity index (χ0n) is 17.2. The molecule has 34 heavy (non-hydrogen) atoms. The first-order chi connectivity index (χ1) is 16.1. The maximum absolute atomic E-state index is 13.1. The van der Waals surface area contributed by atoms with Crippen LogP contribution >= 0.6 is 12.2 Å². The fraction of sp³-hybridized carbons (Fsp3) is 0. The van der Waals surface area contributed by atoms with Crippen molar-refractivity contribution in [2.75, 3.05) is 4.90 Å². The van der Waals surface area contributed by atoms with Gasteiger partial charge in [0, 0.05) is 0 Å². The van der Waals surface area contributed by atoms with Gasteiger partial charge in [0.2, 0.25) is 0 Å². The summed E-state index contributed by atoms with van der Waals surface area (Å²) < 4.78 is 37.9. The number of aromatic hydroxyl groups is 1. The van der Waals surface area contributed by atoms with Crippen molar-refractivity contribution in [3.63, 3.8) is 0 Å². The molecule has 3 aromatic carbocycles. The highest BCUT2D eigenvalue weighted by molar-refractivity contribution is 7.86. The Hall–Kier alpha value is -4.06. The van der Waals surface area contributed by atoms with Crippen LogP contribution in [0.2, 0.25) is 0 Å². The lowest BCUT2D eigenvalue weighted by atomic mass is 10.1. The summed E-state index contributed by atoms with van der Waals surface area (Å²) in [6, 6.07) is 18.8. The van der Waals surface area contributed by atoms with Crippen molar-refractivity contribution in [1.82, 2.24) is 5.32 Å². The van der Waals surface area contributed by atoms with Gasteiger partial charge in [0.15, 0.2) is 5.11 Å². The van der Waals surface area contributed by atoms with E-state index in [4.69, 9.17) is 17.0 Å². The lowest BCUT2D eigenvalue weighted by Crippen LogP contribution is -2.54. The minimum atomic E-state index is -4.72. The Morgan fingerprint density at radius 3 is 2.24 bits per heavy atom. The van der Waals surface area contributed by atoms with E-state index in [1.54, 1.807) is 36.4 Å². The molecule has 1 aliphatic rings. The first-order valence-corrected chi connectivity index (χ1v) is 11.5. The van der Waals surface area contributed by atoms with Crippen LogP contribution in [0.15, 0.2) is 83.3 Å². The Bertz CT molecular complexity index is 1430. The van der Waals surface area contributed by atoms with Crippen molar-refractivity contribution in [2.45, 2.75) is 4.90 Å². The third-order valence-corrected chi connectivity index (χ3v) is 5.92. The molecule has 4 rings (SSSR count). The smallest absolute Gasteiger partial charge is 0.298 e. The minimum Gasteiger partial charge on any atom is -0.506 e. The number of nitrogens with zero attached hydrogens (tertiary/aromatic N) is 1. The van der Waals surface area contributed by atoms with Crippen LogP contribution in [-0.2, 0) is 19.7 Å². The number of anilines is 1. The van der Waals surface area contributed by atoms with E-state index in [0.717, 1.165) is 23.1 Å². The van der Waals surface area contributed by atoms with Crippen LogP contribution in [0.5, 0.6) is 17.2 Å². The first-order valence-electron chi connectivity index (χ1n) is 9.68. The van der Waals surface area contributed by atoms with E-state index in [-0.39, 0.29) is 16.2 Å². The van der Waals surface area contributed by atoms with Gasteiger partial charge in [-0.25, -0.2) is 0 Å². The summed E-state index contributed by atoms with van der Waals surface area (Å²) in [5.74, 6) is -1.05. The lowest BCUT2D eigenvalue weighted by Gasteiger charge is -2.29. The molecule has 0 radical (unpaired) electrons. The van der Waals surface area contributed by atoms with E-state index in [1.165, 1.54) is 6.07 Å². The van der Waals surface area contributed by atoms with Gasteiger partial charge < -0.3 is 9.84 Å². The van der Waals surface area contributed by atoms with Crippen LogP contribution in [0.4, 0.5) is 5.69 Å². The number of rotatable bonds is 5. The van der Waals surface area contributed by atoms with Gasteiger partial charge in [-0.3, -0.25) is 24.4 Å². The summed E-state index contributed by atoms with van der Waals surface area (Å²) in [5.41, 5.74) is 0.124. The van der Waals surface area contributed by atoms with Crippen molar-refractivity contribution in [3.05, 3.63) is 83.9 Å². The van der Waals surface area contributed by atoms with Crippen LogP contribution in [0.3, 0.4) is 0 Å². The van der Waals surface area contributed by atoms with Crippen LogP contribution in [0, 0.1) is 0 Å². The lowest BCUT2D eigenvalue weighted by molar-refractivity contribution is -0.122. The number of hydrogen-bond donors (Lipinski definition) is 3. The first kappa shape index (κ1) is 23.1. The maximum atomic E-state index is 13.1. The van der Waals surface area contributed by atoms with Crippen LogP contribution < -0.4 is 15.0 Å². The van der Waals surface area contributed by atoms with E-state index in [1.807, 2.05) is 18.2 Å². The Balaban J connectivity index is 1.64. The highest BCUT2D eigenvalue weighted by atomic mass is 32.2. The molecule has 172 valence electrons. The Kier molecular flexibility index (Phi) is 6.16. The number of thiocarbonyl (C=S) groups is 1. The maximum Gasteiger partial charge on any atom is 0.298 e. The summed E-state index contributed by atoms with van der Waals surface area (Å²) in [7, 11) is -4.72. The van der Waals surface area contributed by atoms with E-state index in [9.17, 15) is 27.7 Å². The molecule has 11 heteroatoms. The summed E-state index contributed by atoms with van der Waals surface area (Å²) in [4.78, 5) is 25.9. The molecule has 0 unspecified atom stereocenters. The van der Waals surface area contributed by atoms with Crippen molar-refractivity contribution in [1.29, 1.82) is 0 Å². The van der Waals surface area contributed by atoms with Gasteiger partial charge in [-0.15, -0.1) is 0 Å². The summed E-state index contributed by atoms with van der Waals surface area (Å²) in [5, 5.41) is 12.0. The number of nitrogens with one attached hydrogen (secondary N) is 1. The fourth-order valence-corrected chi connectivity index (χ4v) is 4.07. The van der Waals surface area contributed by atoms with Gasteiger partial charge in [-0.05, 0) is 72.4 Å². The minimum absolute atomic E-state index is 0.0864. The molecule has 1 fully saturated rings. The normalized spacial score (nSPS) is 15.4. The number of benzene rings is 3. The van der Waals surface area contributed by atoms with E-state index in [0.29, 0.717) is 17.2 Å². The molecule has 2 amide bonds. The molecule has 0 bridgehead atoms. The average molecular weight is 497 g/mol. The van der Waals surface area contributed by atoms with Crippen LogP contribution in [0.1, 0.15) is 5.56 Å². The second-order valence-corrected chi connectivity index (χ2v) is 8.85. The largest absolute Gasteiger partial charge is 0.506 e. The number of amides is 2. The molecule has 3 N–H and O–H groups in total. The third kappa shape index (κ3) is 4.81. The second kappa shape index (κ2) is 9.06. The van der Waals surface area contributed by atoms with Crippen molar-refractivity contribution in [3.8, 4) is 17.2 Å². The zero-order chi connectivity index (χ0) is 24.5. The highest BCUT2D eigenvalue weighted by Gasteiger charge is 2.34. The molecule has 1 saturated heterocycles. The number of ether oxygens (including phenoxy) is 1. The summed E-state index contributed by atoms with van der Waals surface area (Å²) >= 11 is 5.17. The third-order valence-electron chi connectivity index (χ3n) is 4.75. The van der Waals surface area contributed by atoms with Crippen molar-refractivity contribution in [2.24, 2.45) is 0 Å². The molecule has 0 aromatic heterocycles. The molecular weight excluding hydrogens is 480 g/mol. The molecule has 1 heterocycles. The Morgan fingerprint density at radius 2 is 1.59 bits per heavy atom. The van der Waals surface area contributed by atoms with E-state index < -0.39 is 32.6 Å². The molecule has 0 atom stereocenters. The molecule has 0 aliphatic carbocycles. The summed E-state index contributed by atoms with van der Waals surface area (Å²) in [6.45, 7) is 0. The molecule has 9 nitrogen and oxygen atoms in total. The predicted molar refractivity (Wildman–Crippen MR) is 127 cm³/mol. The number of carbonyl (C=O) groups excluding carboxylic acids is 2. The average Bonchev–Trinajstić information content (AvgIpc) is 2.78. The number of para-hydroxylation sites is 1. The standard InChI is InChI=1S/C23H16N2O7S2/c26-19-11-6-14(13-20(19)34(29,30)31)12-18-21(27)24-23(33)25(22(18)28)15-7-9-17(10-8-15)32-16-4-2-1-3-5-16/h1-13,26H,(H,24,27,33)(H,29,30,31)/b18-12+. The fourth-order valence-electron chi connectivity index (χ4n) is 3.17. The van der Waals surface area contributed by atoms with Gasteiger partial charge in [0.1, 0.15) is 27.7 Å². The van der Waals surface area contributed by atoms with Crippen LogP contribution in [0.25, 0.3) is 6.08 Å². The topological polar surface area (TPSA) is 133 Å². The molecule has 0 saturated carbocycles. The van der Waals surface area contributed by atoms with E-state index in [2.05, 4.69) is 5.32 Å². The number of hydrogen-bond acceptors (Lipinski definition) is 7. The van der Waals surface area contributed by atoms with Gasteiger partial charge >= 0.3 is 0 Å². The number of phenolic OH excluding ortho intramolecular Hbond substituents is 1. The second-order valence-electron chi connectivity index (χ2n) is 7.07. The Morgan fingerprint density at radius 1 is 0.941 bits per heavy atom. The SMILES string of the molecule is O=C1NC(=S)N(c2ccc(Oc3ccccc3)cc2)C(=O)/C1=C/c1ccc(O)c(S(=O)(=O)O)c1. The molecular formula is C23H16N2O7S2. The van der Waals surface area contributed by atoms with Gasteiger partial charge in [0.25, 0.3) is 21.9 Å². The summed E-state index contributed by atoms with van der Waals surface area (Å²) in [6.07, 6.45) is 1.13. The van der Waals surface area contributed by atoms with Crippen molar-refractivity contribution < 1.29 is 32.4 Å². The zero-order valence-corrected chi connectivity index (χ0v) is 18.8. The predicted octanol–water partition coefficient (Wildman–Crippen LogP) is 3.26. The van der Waals surface area contributed by atoms with Gasteiger partial charge in [-0.2, -0.15) is 8.42 Å². The van der Waals surface area contributed by atoms with Gasteiger partial charge in [-0.1, -0.05) is 24.3 Å². The number of phenols is 1. The quantitative estimate of drug-likeness (QED) is 0.212. The molecule has 3 aromatic rings. The molecule has 0 spiro atoms.